The third kappa shape index (κ3) is 2.83. The number of hydrogen-bond acceptors (Lipinski definition) is 4. The van der Waals surface area contributed by atoms with Gasteiger partial charge in [-0.3, -0.25) is 4.98 Å². The summed E-state index contributed by atoms with van der Waals surface area (Å²) in [6.07, 6.45) is 3.79. The molecule has 1 aromatic carbocycles. The molecule has 3 rings (SSSR count). The van der Waals surface area contributed by atoms with Crippen LogP contribution < -0.4 is 5.32 Å². The molecule has 0 aliphatic heterocycles. The average Bonchev–Trinajstić information content (AvgIpc) is 2.92. The molecule has 0 saturated heterocycles. The van der Waals surface area contributed by atoms with Gasteiger partial charge in [-0.25, -0.2) is 4.68 Å². The van der Waals surface area contributed by atoms with E-state index in [-0.39, 0.29) is 0 Å². The van der Waals surface area contributed by atoms with Crippen molar-refractivity contribution >= 4 is 10.9 Å². The van der Waals surface area contributed by atoms with Gasteiger partial charge in [-0.2, -0.15) is 0 Å². The predicted octanol–water partition coefficient (Wildman–Crippen LogP) is 1.98. The van der Waals surface area contributed by atoms with Crippen molar-refractivity contribution in [2.75, 3.05) is 6.54 Å². The molecule has 0 spiro atoms. The van der Waals surface area contributed by atoms with E-state index in [9.17, 15) is 0 Å². The molecule has 0 unspecified atom stereocenters. The molecule has 0 atom stereocenters. The summed E-state index contributed by atoms with van der Waals surface area (Å²) >= 11 is 0. The van der Waals surface area contributed by atoms with Crippen LogP contribution in [0.5, 0.6) is 0 Å². The largest absolute Gasteiger partial charge is 0.311 e. The number of aromatic nitrogens is 4. The van der Waals surface area contributed by atoms with Gasteiger partial charge in [0.25, 0.3) is 0 Å². The van der Waals surface area contributed by atoms with Crippen LogP contribution in [0, 0.1) is 0 Å². The van der Waals surface area contributed by atoms with Gasteiger partial charge in [-0.1, -0.05) is 24.3 Å². The van der Waals surface area contributed by atoms with E-state index in [2.05, 4.69) is 45.7 Å². The van der Waals surface area contributed by atoms with Gasteiger partial charge in [0.1, 0.15) is 0 Å². The van der Waals surface area contributed by atoms with Crippen molar-refractivity contribution < 1.29 is 0 Å². The normalized spacial score (nSPS) is 11.1. The van der Waals surface area contributed by atoms with Gasteiger partial charge in [0, 0.05) is 18.1 Å². The molecule has 0 aliphatic rings. The zero-order chi connectivity index (χ0) is 13.8. The van der Waals surface area contributed by atoms with Gasteiger partial charge in [0.15, 0.2) is 0 Å². The van der Waals surface area contributed by atoms with Gasteiger partial charge in [0.05, 0.1) is 24.0 Å². The summed E-state index contributed by atoms with van der Waals surface area (Å²) in [6.45, 7) is 4.50. The van der Waals surface area contributed by atoms with E-state index >= 15 is 0 Å². The highest BCUT2D eigenvalue weighted by Gasteiger charge is 2.02. The Morgan fingerprint density at radius 2 is 2.20 bits per heavy atom. The summed E-state index contributed by atoms with van der Waals surface area (Å²) in [6, 6.07) is 10.3. The first-order chi connectivity index (χ1) is 9.85. The zero-order valence-electron chi connectivity index (χ0n) is 11.5. The molecular weight excluding hydrogens is 250 g/mol. The SMILES string of the molecule is CCNCc1cn(Cc2ccc3ncccc3c2)nn1. The maximum absolute atomic E-state index is 4.32. The van der Waals surface area contributed by atoms with E-state index in [0.717, 1.165) is 36.2 Å². The maximum atomic E-state index is 4.32. The molecule has 0 aliphatic carbocycles. The summed E-state index contributed by atoms with van der Waals surface area (Å²) in [7, 11) is 0. The van der Waals surface area contributed by atoms with Gasteiger partial charge >= 0.3 is 0 Å². The smallest absolute Gasteiger partial charge is 0.0964 e. The van der Waals surface area contributed by atoms with Crippen molar-refractivity contribution in [1.29, 1.82) is 0 Å². The molecule has 0 bridgehead atoms. The van der Waals surface area contributed by atoms with Crippen LogP contribution in [0.3, 0.4) is 0 Å². The Morgan fingerprint density at radius 3 is 3.10 bits per heavy atom. The molecule has 2 heterocycles. The molecular formula is C15H17N5. The molecule has 0 saturated carbocycles. The van der Waals surface area contributed by atoms with Gasteiger partial charge in [0.2, 0.25) is 0 Å². The summed E-state index contributed by atoms with van der Waals surface area (Å²) in [5.74, 6) is 0. The van der Waals surface area contributed by atoms with Gasteiger partial charge in [-0.15, -0.1) is 5.10 Å². The van der Waals surface area contributed by atoms with Crippen LogP contribution in [0.15, 0.2) is 42.7 Å². The topological polar surface area (TPSA) is 55.6 Å². The third-order valence-electron chi connectivity index (χ3n) is 3.15. The Hall–Kier alpha value is -2.27. The standard InChI is InChI=1S/C15H17N5/c1-2-16-9-14-11-20(19-18-14)10-12-5-6-15-13(8-12)4-3-7-17-15/h3-8,11,16H,2,9-10H2,1H3. The first-order valence-electron chi connectivity index (χ1n) is 6.78. The summed E-state index contributed by atoms with van der Waals surface area (Å²) < 4.78 is 1.87. The average molecular weight is 267 g/mol. The summed E-state index contributed by atoms with van der Waals surface area (Å²) in [4.78, 5) is 4.32. The molecule has 2 aromatic heterocycles. The van der Waals surface area contributed by atoms with Crippen LogP contribution in [0.2, 0.25) is 0 Å². The minimum Gasteiger partial charge on any atom is -0.311 e. The summed E-state index contributed by atoms with van der Waals surface area (Å²) in [5.41, 5.74) is 3.18. The Balaban J connectivity index is 1.76. The number of nitrogens with one attached hydrogen (secondary N) is 1. The van der Waals surface area contributed by atoms with E-state index in [1.807, 2.05) is 29.2 Å². The maximum Gasteiger partial charge on any atom is 0.0964 e. The van der Waals surface area contributed by atoms with E-state index in [4.69, 9.17) is 0 Å². The first-order valence-corrected chi connectivity index (χ1v) is 6.78. The lowest BCUT2D eigenvalue weighted by Gasteiger charge is -2.03. The lowest BCUT2D eigenvalue weighted by Crippen LogP contribution is -2.11. The monoisotopic (exact) mass is 267 g/mol. The first kappa shape index (κ1) is 12.7. The molecule has 1 N–H and O–H groups in total. The second-order valence-corrected chi connectivity index (χ2v) is 4.72. The van der Waals surface area contributed by atoms with Crippen molar-refractivity contribution in [3.8, 4) is 0 Å². The second-order valence-electron chi connectivity index (χ2n) is 4.72. The molecule has 20 heavy (non-hydrogen) atoms. The Morgan fingerprint density at radius 1 is 1.25 bits per heavy atom. The van der Waals surface area contributed by atoms with Crippen LogP contribution in [-0.4, -0.2) is 26.5 Å². The number of nitrogens with zero attached hydrogens (tertiary/aromatic N) is 4. The Kier molecular flexibility index (Phi) is 3.69. The highest BCUT2D eigenvalue weighted by atomic mass is 15.4. The fourth-order valence-corrected chi connectivity index (χ4v) is 2.16. The Labute approximate surface area is 117 Å². The number of rotatable bonds is 5. The molecule has 5 heteroatoms. The summed E-state index contributed by atoms with van der Waals surface area (Å²) in [5, 5.41) is 12.7. The van der Waals surface area contributed by atoms with Crippen LogP contribution in [-0.2, 0) is 13.1 Å². The second kappa shape index (κ2) is 5.79. The fraction of sp³-hybridized carbons (Fsp3) is 0.267. The number of benzene rings is 1. The van der Waals surface area contributed by atoms with Gasteiger partial charge < -0.3 is 5.32 Å². The third-order valence-corrected chi connectivity index (χ3v) is 3.15. The fourth-order valence-electron chi connectivity index (χ4n) is 2.16. The molecule has 0 radical (unpaired) electrons. The minimum absolute atomic E-state index is 0.726. The quantitative estimate of drug-likeness (QED) is 0.768. The van der Waals surface area contributed by atoms with E-state index in [1.54, 1.807) is 0 Å². The van der Waals surface area contributed by atoms with Crippen molar-refractivity contribution in [3.63, 3.8) is 0 Å². The highest BCUT2D eigenvalue weighted by molar-refractivity contribution is 5.78. The number of pyridine rings is 1. The molecule has 0 amide bonds. The van der Waals surface area contributed by atoms with Crippen molar-refractivity contribution in [3.05, 3.63) is 54.0 Å². The van der Waals surface area contributed by atoms with Gasteiger partial charge in [-0.05, 0) is 30.3 Å². The molecule has 102 valence electrons. The van der Waals surface area contributed by atoms with Crippen molar-refractivity contribution in [2.45, 2.75) is 20.0 Å². The molecule has 3 aromatic rings. The predicted molar refractivity (Wildman–Crippen MR) is 78.2 cm³/mol. The Bertz CT molecular complexity index is 704. The van der Waals surface area contributed by atoms with E-state index in [1.165, 1.54) is 5.56 Å². The van der Waals surface area contributed by atoms with Crippen LogP contribution in [0.25, 0.3) is 10.9 Å². The van der Waals surface area contributed by atoms with E-state index < -0.39 is 0 Å². The van der Waals surface area contributed by atoms with Crippen molar-refractivity contribution in [1.82, 2.24) is 25.3 Å². The van der Waals surface area contributed by atoms with E-state index in [0.29, 0.717) is 0 Å². The van der Waals surface area contributed by atoms with Crippen LogP contribution >= 0.6 is 0 Å². The lowest BCUT2D eigenvalue weighted by atomic mass is 10.1. The lowest BCUT2D eigenvalue weighted by molar-refractivity contribution is 0.648. The zero-order valence-corrected chi connectivity index (χ0v) is 11.5. The molecule has 5 nitrogen and oxygen atoms in total. The van der Waals surface area contributed by atoms with Crippen molar-refractivity contribution in [2.24, 2.45) is 0 Å². The van der Waals surface area contributed by atoms with Crippen LogP contribution in [0.1, 0.15) is 18.2 Å². The number of hydrogen-bond donors (Lipinski definition) is 1. The van der Waals surface area contributed by atoms with Crippen LogP contribution in [0.4, 0.5) is 0 Å². The minimum atomic E-state index is 0.726. The molecule has 0 fully saturated rings. The number of fused-ring (bicyclic) bond motifs is 1. The highest BCUT2D eigenvalue weighted by Crippen LogP contribution is 2.14.